The molecule has 0 bridgehead atoms. The van der Waals surface area contributed by atoms with E-state index in [1.807, 2.05) is 0 Å². The van der Waals surface area contributed by atoms with E-state index < -0.39 is 5.97 Å². The van der Waals surface area contributed by atoms with Gasteiger partial charge in [0.25, 0.3) is 0 Å². The fourth-order valence-electron chi connectivity index (χ4n) is 1.63. The lowest BCUT2D eigenvalue weighted by Crippen LogP contribution is -1.99. The first-order chi connectivity index (χ1) is 8.17. The number of hydrogen-bond acceptors (Lipinski definition) is 4. The van der Waals surface area contributed by atoms with Gasteiger partial charge in [0.05, 0.1) is 19.8 Å². The minimum absolute atomic E-state index is 0.115. The predicted octanol–water partition coefficient (Wildman–Crippen LogP) is 1.95. The van der Waals surface area contributed by atoms with Crippen LogP contribution in [0.1, 0.15) is 10.4 Å². The molecule has 5 heteroatoms. The normalized spacial score (nSPS) is 10.2. The molecule has 0 saturated carbocycles. The molecular formula is C12H11NO4. The highest BCUT2D eigenvalue weighted by atomic mass is 16.5. The Balaban J connectivity index is 2.77. The van der Waals surface area contributed by atoms with Crippen LogP contribution in [0.5, 0.6) is 11.5 Å². The number of aromatic nitrogens is 1. The van der Waals surface area contributed by atoms with Crippen LogP contribution < -0.4 is 9.47 Å². The summed E-state index contributed by atoms with van der Waals surface area (Å²) in [6.45, 7) is 0. The molecule has 1 N–H and O–H groups in total. The van der Waals surface area contributed by atoms with E-state index >= 15 is 0 Å². The number of rotatable bonds is 3. The Labute approximate surface area is 97.6 Å². The van der Waals surface area contributed by atoms with Gasteiger partial charge in [-0.05, 0) is 18.2 Å². The standard InChI is InChI=1S/C12H11NO4/c1-16-9-3-4-10(17-2)11-8(9)5-7(6-13-11)12(14)15/h3-6H,1-2H3,(H,14,15). The lowest BCUT2D eigenvalue weighted by Gasteiger charge is -2.09. The Kier molecular flexibility index (Phi) is 2.82. The number of benzene rings is 1. The first kappa shape index (κ1) is 11.2. The van der Waals surface area contributed by atoms with Crippen molar-refractivity contribution in [2.24, 2.45) is 0 Å². The summed E-state index contributed by atoms with van der Waals surface area (Å²) < 4.78 is 10.3. The summed E-state index contributed by atoms with van der Waals surface area (Å²) in [5.74, 6) is 0.124. The molecule has 88 valence electrons. The number of nitrogens with zero attached hydrogens (tertiary/aromatic N) is 1. The van der Waals surface area contributed by atoms with E-state index in [4.69, 9.17) is 14.6 Å². The number of fused-ring (bicyclic) bond motifs is 1. The molecule has 1 aromatic heterocycles. The average molecular weight is 233 g/mol. The Morgan fingerprint density at radius 2 is 1.88 bits per heavy atom. The van der Waals surface area contributed by atoms with Crippen molar-refractivity contribution in [3.05, 3.63) is 30.0 Å². The molecule has 0 unspecified atom stereocenters. The van der Waals surface area contributed by atoms with Gasteiger partial charge in [0, 0.05) is 11.6 Å². The molecule has 1 aromatic carbocycles. The van der Waals surface area contributed by atoms with Crippen LogP contribution in [-0.4, -0.2) is 30.3 Å². The summed E-state index contributed by atoms with van der Waals surface area (Å²) in [6.07, 6.45) is 1.30. The maximum absolute atomic E-state index is 10.9. The number of aromatic carboxylic acids is 1. The van der Waals surface area contributed by atoms with Crippen LogP contribution in [0.15, 0.2) is 24.4 Å². The zero-order chi connectivity index (χ0) is 12.4. The van der Waals surface area contributed by atoms with E-state index in [1.165, 1.54) is 26.5 Å². The van der Waals surface area contributed by atoms with Gasteiger partial charge in [-0.15, -0.1) is 0 Å². The Bertz CT molecular complexity index is 580. The zero-order valence-electron chi connectivity index (χ0n) is 9.43. The van der Waals surface area contributed by atoms with Crippen molar-refractivity contribution in [3.63, 3.8) is 0 Å². The van der Waals surface area contributed by atoms with E-state index in [-0.39, 0.29) is 5.56 Å². The SMILES string of the molecule is COc1ccc(OC)c2ncc(C(=O)O)cc12. The Hall–Kier alpha value is -2.30. The highest BCUT2D eigenvalue weighted by Crippen LogP contribution is 2.31. The zero-order valence-corrected chi connectivity index (χ0v) is 9.43. The van der Waals surface area contributed by atoms with Crippen molar-refractivity contribution >= 4 is 16.9 Å². The third kappa shape index (κ3) is 1.87. The van der Waals surface area contributed by atoms with Crippen LogP contribution in [0.2, 0.25) is 0 Å². The van der Waals surface area contributed by atoms with Crippen molar-refractivity contribution in [1.82, 2.24) is 4.98 Å². The largest absolute Gasteiger partial charge is 0.496 e. The summed E-state index contributed by atoms with van der Waals surface area (Å²) >= 11 is 0. The van der Waals surface area contributed by atoms with Gasteiger partial charge in [-0.3, -0.25) is 4.98 Å². The molecule has 0 spiro atoms. The molecule has 0 aliphatic heterocycles. The van der Waals surface area contributed by atoms with E-state index in [0.29, 0.717) is 22.4 Å². The first-order valence-corrected chi connectivity index (χ1v) is 4.91. The number of carboxylic acid groups (broad SMARTS) is 1. The van der Waals surface area contributed by atoms with Crippen LogP contribution in [0.25, 0.3) is 10.9 Å². The monoisotopic (exact) mass is 233 g/mol. The minimum Gasteiger partial charge on any atom is -0.496 e. The molecule has 0 saturated heterocycles. The molecule has 0 atom stereocenters. The van der Waals surface area contributed by atoms with Crippen LogP contribution in [0.3, 0.4) is 0 Å². The van der Waals surface area contributed by atoms with Crippen molar-refractivity contribution in [1.29, 1.82) is 0 Å². The molecule has 2 rings (SSSR count). The number of pyridine rings is 1. The van der Waals surface area contributed by atoms with E-state index in [9.17, 15) is 4.79 Å². The molecule has 0 fully saturated rings. The van der Waals surface area contributed by atoms with Crippen molar-refractivity contribution < 1.29 is 19.4 Å². The number of carboxylic acids is 1. The van der Waals surface area contributed by atoms with Crippen LogP contribution >= 0.6 is 0 Å². The molecule has 1 heterocycles. The maximum atomic E-state index is 10.9. The number of methoxy groups -OCH3 is 2. The van der Waals surface area contributed by atoms with Crippen LogP contribution in [0, 0.1) is 0 Å². The highest BCUT2D eigenvalue weighted by Gasteiger charge is 2.11. The van der Waals surface area contributed by atoms with Gasteiger partial charge in [-0.2, -0.15) is 0 Å². The lowest BCUT2D eigenvalue weighted by atomic mass is 10.1. The van der Waals surface area contributed by atoms with E-state index in [1.54, 1.807) is 12.1 Å². The average Bonchev–Trinajstić information content (AvgIpc) is 2.36. The second-order valence-corrected chi connectivity index (χ2v) is 3.40. The number of ether oxygens (including phenoxy) is 2. The van der Waals surface area contributed by atoms with Gasteiger partial charge in [0.15, 0.2) is 0 Å². The van der Waals surface area contributed by atoms with Crippen LogP contribution in [-0.2, 0) is 0 Å². The fourth-order valence-corrected chi connectivity index (χ4v) is 1.63. The summed E-state index contributed by atoms with van der Waals surface area (Å²) in [7, 11) is 3.06. The second-order valence-electron chi connectivity index (χ2n) is 3.40. The third-order valence-electron chi connectivity index (χ3n) is 2.46. The summed E-state index contributed by atoms with van der Waals surface area (Å²) in [6, 6.07) is 4.97. The minimum atomic E-state index is -1.02. The Morgan fingerprint density at radius 3 is 2.47 bits per heavy atom. The lowest BCUT2D eigenvalue weighted by molar-refractivity contribution is 0.0696. The molecule has 0 amide bonds. The quantitative estimate of drug-likeness (QED) is 0.877. The van der Waals surface area contributed by atoms with Gasteiger partial charge in [0.2, 0.25) is 0 Å². The third-order valence-corrected chi connectivity index (χ3v) is 2.46. The van der Waals surface area contributed by atoms with Gasteiger partial charge >= 0.3 is 5.97 Å². The molecule has 0 aliphatic rings. The van der Waals surface area contributed by atoms with Crippen molar-refractivity contribution in [3.8, 4) is 11.5 Å². The van der Waals surface area contributed by atoms with Gasteiger partial charge in [-0.25, -0.2) is 4.79 Å². The highest BCUT2D eigenvalue weighted by molar-refractivity contribution is 5.96. The molecule has 5 nitrogen and oxygen atoms in total. The van der Waals surface area contributed by atoms with Gasteiger partial charge in [-0.1, -0.05) is 0 Å². The summed E-state index contributed by atoms with van der Waals surface area (Å²) in [5, 5.41) is 9.54. The summed E-state index contributed by atoms with van der Waals surface area (Å²) in [4.78, 5) is 15.0. The fraction of sp³-hybridized carbons (Fsp3) is 0.167. The number of carbonyl (C=O) groups is 1. The molecule has 0 aliphatic carbocycles. The van der Waals surface area contributed by atoms with Crippen LogP contribution in [0.4, 0.5) is 0 Å². The van der Waals surface area contributed by atoms with E-state index in [0.717, 1.165) is 0 Å². The molecule has 0 radical (unpaired) electrons. The Morgan fingerprint density at radius 1 is 1.24 bits per heavy atom. The molecular weight excluding hydrogens is 222 g/mol. The molecule has 2 aromatic rings. The van der Waals surface area contributed by atoms with Crippen molar-refractivity contribution in [2.75, 3.05) is 14.2 Å². The number of hydrogen-bond donors (Lipinski definition) is 1. The maximum Gasteiger partial charge on any atom is 0.337 e. The van der Waals surface area contributed by atoms with E-state index in [2.05, 4.69) is 4.98 Å². The smallest absolute Gasteiger partial charge is 0.337 e. The topological polar surface area (TPSA) is 68.7 Å². The second kappa shape index (κ2) is 4.29. The van der Waals surface area contributed by atoms with Gasteiger partial charge in [0.1, 0.15) is 17.0 Å². The molecule has 17 heavy (non-hydrogen) atoms. The predicted molar refractivity (Wildman–Crippen MR) is 61.8 cm³/mol. The first-order valence-electron chi connectivity index (χ1n) is 4.91. The van der Waals surface area contributed by atoms with Crippen molar-refractivity contribution in [2.45, 2.75) is 0 Å². The summed E-state index contributed by atoms with van der Waals surface area (Å²) in [5.41, 5.74) is 0.695. The van der Waals surface area contributed by atoms with Gasteiger partial charge < -0.3 is 14.6 Å².